The van der Waals surface area contributed by atoms with Crippen LogP contribution in [0.5, 0.6) is 0 Å². The molecule has 72 valence electrons. The molecule has 0 aromatic carbocycles. The summed E-state index contributed by atoms with van der Waals surface area (Å²) >= 11 is 0. The molecule has 2 unspecified atom stereocenters. The third kappa shape index (κ3) is 1.89. The van der Waals surface area contributed by atoms with E-state index in [0.717, 1.165) is 6.42 Å². The van der Waals surface area contributed by atoms with E-state index < -0.39 is 0 Å². The van der Waals surface area contributed by atoms with Crippen molar-refractivity contribution in [1.29, 1.82) is 0 Å². The summed E-state index contributed by atoms with van der Waals surface area (Å²) in [7, 11) is 0. The molecule has 1 saturated carbocycles. The lowest BCUT2D eigenvalue weighted by Crippen LogP contribution is -2.16. The van der Waals surface area contributed by atoms with E-state index in [9.17, 15) is 0 Å². The van der Waals surface area contributed by atoms with Gasteiger partial charge in [0.05, 0.1) is 6.10 Å². The number of unbranched alkanes of at least 4 members (excludes halogenated alkanes) is 2. The van der Waals surface area contributed by atoms with Gasteiger partial charge in [0, 0.05) is 6.42 Å². The molecule has 0 amide bonds. The van der Waals surface area contributed by atoms with Crippen LogP contribution in [0, 0.1) is 11.8 Å². The SMILES string of the molecule is CCCCC#CC12CCCCC1O2. The molecule has 1 heteroatoms. The Morgan fingerprint density at radius 2 is 2.38 bits per heavy atom. The molecule has 0 aromatic rings. The molecular weight excluding hydrogens is 160 g/mol. The second-order valence-electron chi connectivity index (χ2n) is 4.15. The van der Waals surface area contributed by atoms with Crippen molar-refractivity contribution in [2.45, 2.75) is 63.6 Å². The van der Waals surface area contributed by atoms with E-state index in [1.54, 1.807) is 0 Å². The Hall–Kier alpha value is -0.480. The van der Waals surface area contributed by atoms with Crippen LogP contribution in [0.25, 0.3) is 0 Å². The molecule has 0 spiro atoms. The van der Waals surface area contributed by atoms with Crippen molar-refractivity contribution in [3.8, 4) is 11.8 Å². The van der Waals surface area contributed by atoms with Crippen LogP contribution >= 0.6 is 0 Å². The Kier molecular flexibility index (Phi) is 2.60. The normalized spacial score (nSPS) is 35.9. The van der Waals surface area contributed by atoms with E-state index in [4.69, 9.17) is 4.74 Å². The van der Waals surface area contributed by atoms with E-state index in [1.165, 1.54) is 38.5 Å². The number of epoxide rings is 1. The van der Waals surface area contributed by atoms with E-state index in [1.807, 2.05) is 0 Å². The van der Waals surface area contributed by atoms with Crippen LogP contribution in [0.2, 0.25) is 0 Å². The minimum absolute atomic E-state index is 0.0337. The molecule has 2 fully saturated rings. The summed E-state index contributed by atoms with van der Waals surface area (Å²) in [5, 5.41) is 0. The molecule has 2 atom stereocenters. The van der Waals surface area contributed by atoms with Gasteiger partial charge in [0.25, 0.3) is 0 Å². The standard InChI is InChI=1S/C12H18O/c1-2-3-4-6-9-12-10-7-5-8-11(12)13-12/h11H,2-5,7-8,10H2,1H3. The predicted octanol–water partition coefficient (Wildman–Crippen LogP) is 2.89. The largest absolute Gasteiger partial charge is 0.352 e. The lowest BCUT2D eigenvalue weighted by atomic mass is 9.89. The highest BCUT2D eigenvalue weighted by Gasteiger charge is 2.56. The first kappa shape index (κ1) is 9.09. The van der Waals surface area contributed by atoms with Gasteiger partial charge in [-0.2, -0.15) is 0 Å². The van der Waals surface area contributed by atoms with Gasteiger partial charge in [-0.1, -0.05) is 25.7 Å². The highest BCUT2D eigenvalue weighted by molar-refractivity contribution is 5.26. The zero-order valence-corrected chi connectivity index (χ0v) is 8.44. The van der Waals surface area contributed by atoms with Crippen molar-refractivity contribution >= 4 is 0 Å². The number of ether oxygens (including phenoxy) is 1. The molecule has 1 heterocycles. The Morgan fingerprint density at radius 1 is 1.46 bits per heavy atom. The van der Waals surface area contributed by atoms with Gasteiger partial charge < -0.3 is 4.74 Å². The number of hydrogen-bond acceptors (Lipinski definition) is 1. The molecule has 1 aliphatic carbocycles. The van der Waals surface area contributed by atoms with E-state index in [2.05, 4.69) is 18.8 Å². The average molecular weight is 178 g/mol. The maximum Gasteiger partial charge on any atom is 0.155 e. The second-order valence-corrected chi connectivity index (χ2v) is 4.15. The van der Waals surface area contributed by atoms with Crippen LogP contribution in [-0.2, 0) is 4.74 Å². The summed E-state index contributed by atoms with van der Waals surface area (Å²) in [6, 6.07) is 0. The predicted molar refractivity (Wildman–Crippen MR) is 53.4 cm³/mol. The van der Waals surface area contributed by atoms with Crippen molar-refractivity contribution in [3.63, 3.8) is 0 Å². The monoisotopic (exact) mass is 178 g/mol. The lowest BCUT2D eigenvalue weighted by Gasteiger charge is -2.10. The fraction of sp³-hybridized carbons (Fsp3) is 0.833. The Labute approximate surface area is 80.9 Å². The van der Waals surface area contributed by atoms with Crippen LogP contribution < -0.4 is 0 Å². The summed E-state index contributed by atoms with van der Waals surface area (Å²) in [6.45, 7) is 2.21. The number of fused-ring (bicyclic) bond motifs is 1. The molecule has 13 heavy (non-hydrogen) atoms. The summed E-state index contributed by atoms with van der Waals surface area (Å²) < 4.78 is 5.67. The maximum atomic E-state index is 5.67. The van der Waals surface area contributed by atoms with Gasteiger partial charge in [-0.3, -0.25) is 0 Å². The first-order chi connectivity index (χ1) is 6.37. The minimum atomic E-state index is 0.0337. The van der Waals surface area contributed by atoms with E-state index >= 15 is 0 Å². The molecular formula is C12H18O. The van der Waals surface area contributed by atoms with Crippen LogP contribution in [0.3, 0.4) is 0 Å². The van der Waals surface area contributed by atoms with Gasteiger partial charge in [0.15, 0.2) is 5.60 Å². The smallest absolute Gasteiger partial charge is 0.155 e. The van der Waals surface area contributed by atoms with Crippen LogP contribution in [0.4, 0.5) is 0 Å². The minimum Gasteiger partial charge on any atom is -0.352 e. The molecule has 1 saturated heterocycles. The fourth-order valence-electron chi connectivity index (χ4n) is 2.10. The fourth-order valence-corrected chi connectivity index (χ4v) is 2.10. The quantitative estimate of drug-likeness (QED) is 0.360. The summed E-state index contributed by atoms with van der Waals surface area (Å²) in [6.07, 6.45) is 9.07. The number of rotatable bonds is 2. The summed E-state index contributed by atoms with van der Waals surface area (Å²) in [5.74, 6) is 6.60. The van der Waals surface area contributed by atoms with Crippen molar-refractivity contribution in [3.05, 3.63) is 0 Å². The maximum absolute atomic E-state index is 5.67. The highest BCUT2D eigenvalue weighted by atomic mass is 16.6. The topological polar surface area (TPSA) is 12.5 Å². The molecule has 2 rings (SSSR count). The van der Waals surface area contributed by atoms with Gasteiger partial charge in [-0.05, 0) is 25.7 Å². The van der Waals surface area contributed by atoms with Crippen LogP contribution in [0.15, 0.2) is 0 Å². The second kappa shape index (κ2) is 3.72. The third-order valence-corrected chi connectivity index (χ3v) is 3.04. The van der Waals surface area contributed by atoms with Crippen molar-refractivity contribution in [1.82, 2.24) is 0 Å². The van der Waals surface area contributed by atoms with Gasteiger partial charge >= 0.3 is 0 Å². The van der Waals surface area contributed by atoms with E-state index in [-0.39, 0.29) is 5.60 Å². The van der Waals surface area contributed by atoms with Gasteiger partial charge in [-0.25, -0.2) is 0 Å². The zero-order valence-electron chi connectivity index (χ0n) is 8.44. The van der Waals surface area contributed by atoms with Crippen molar-refractivity contribution in [2.24, 2.45) is 0 Å². The molecule has 2 aliphatic rings. The highest BCUT2D eigenvalue weighted by Crippen LogP contribution is 2.47. The molecule has 1 nitrogen and oxygen atoms in total. The molecule has 0 radical (unpaired) electrons. The Bertz CT molecular complexity index is 235. The van der Waals surface area contributed by atoms with Crippen molar-refractivity contribution in [2.75, 3.05) is 0 Å². The average Bonchev–Trinajstić information content (AvgIpc) is 2.87. The van der Waals surface area contributed by atoms with E-state index in [0.29, 0.717) is 6.10 Å². The molecule has 0 aromatic heterocycles. The van der Waals surface area contributed by atoms with Gasteiger partial charge in [-0.15, -0.1) is 5.92 Å². The third-order valence-electron chi connectivity index (χ3n) is 3.04. The number of hydrogen-bond donors (Lipinski definition) is 0. The Morgan fingerprint density at radius 3 is 3.15 bits per heavy atom. The van der Waals surface area contributed by atoms with Crippen LogP contribution in [-0.4, -0.2) is 11.7 Å². The molecule has 0 bridgehead atoms. The molecule has 0 N–H and O–H groups in total. The zero-order chi connectivity index (χ0) is 9.15. The summed E-state index contributed by atoms with van der Waals surface area (Å²) in [4.78, 5) is 0. The van der Waals surface area contributed by atoms with Crippen molar-refractivity contribution < 1.29 is 4.74 Å². The first-order valence-electron chi connectivity index (χ1n) is 5.55. The van der Waals surface area contributed by atoms with Gasteiger partial charge in [0.2, 0.25) is 0 Å². The lowest BCUT2D eigenvalue weighted by molar-refractivity contribution is 0.336. The molecule has 1 aliphatic heterocycles. The van der Waals surface area contributed by atoms with Crippen LogP contribution in [0.1, 0.15) is 51.9 Å². The first-order valence-corrected chi connectivity index (χ1v) is 5.55. The summed E-state index contributed by atoms with van der Waals surface area (Å²) in [5.41, 5.74) is 0.0337. The van der Waals surface area contributed by atoms with Gasteiger partial charge in [0.1, 0.15) is 0 Å². The Balaban J connectivity index is 1.83.